The van der Waals surface area contributed by atoms with Crippen LogP contribution in [0.4, 0.5) is 0 Å². The molecular weight excluding hydrogens is 428 g/mol. The Hall–Kier alpha value is -3.37. The number of aromatic nitrogens is 1. The maximum absolute atomic E-state index is 12.8. The molecule has 2 aromatic carbocycles. The van der Waals surface area contributed by atoms with Gasteiger partial charge in [0, 0.05) is 23.9 Å². The van der Waals surface area contributed by atoms with E-state index >= 15 is 0 Å². The third-order valence-electron chi connectivity index (χ3n) is 5.52. The standard InChI is InChI=1S/C28H30N2O4/c1-22-15-26(34-21-27-20-32-13-14-33-27)17-28(31)30(22)19-25-10-5-9-23(16-25)11-6-12-29-18-24-7-3-2-4-8-24/h2-5,7-10,15-17,27,29H,12-14,18-21H2,1H3. The SMILES string of the molecule is Cc1cc(OCC2COCCO2)cc(=O)n1Cc1cccc(C#CCNCc2ccccc2)c1. The molecule has 0 aliphatic carbocycles. The highest BCUT2D eigenvalue weighted by Gasteiger charge is 2.15. The molecule has 1 saturated heterocycles. The van der Waals surface area contributed by atoms with Gasteiger partial charge in [-0.2, -0.15) is 0 Å². The van der Waals surface area contributed by atoms with Gasteiger partial charge in [-0.1, -0.05) is 54.3 Å². The van der Waals surface area contributed by atoms with Crippen LogP contribution in [0.15, 0.2) is 71.5 Å². The number of hydrogen-bond donors (Lipinski definition) is 1. The van der Waals surface area contributed by atoms with Gasteiger partial charge in [0.05, 0.1) is 32.9 Å². The van der Waals surface area contributed by atoms with E-state index in [1.54, 1.807) is 4.57 Å². The summed E-state index contributed by atoms with van der Waals surface area (Å²) in [6.07, 6.45) is -0.103. The highest BCUT2D eigenvalue weighted by Crippen LogP contribution is 2.14. The fraction of sp³-hybridized carbons (Fsp3) is 0.321. The third kappa shape index (κ3) is 7.06. The van der Waals surface area contributed by atoms with Gasteiger partial charge in [-0.15, -0.1) is 0 Å². The number of pyridine rings is 1. The molecule has 0 saturated carbocycles. The molecule has 176 valence electrons. The quantitative estimate of drug-likeness (QED) is 0.415. The zero-order valence-electron chi connectivity index (χ0n) is 19.5. The highest BCUT2D eigenvalue weighted by atomic mass is 16.6. The molecule has 0 spiro atoms. The van der Waals surface area contributed by atoms with Crippen LogP contribution in [-0.4, -0.2) is 43.6 Å². The molecule has 1 atom stereocenters. The first kappa shape index (κ1) is 23.8. The molecule has 0 amide bonds. The summed E-state index contributed by atoms with van der Waals surface area (Å²) in [5.74, 6) is 6.92. The average Bonchev–Trinajstić information content (AvgIpc) is 2.86. The summed E-state index contributed by atoms with van der Waals surface area (Å²) >= 11 is 0. The molecule has 1 fully saturated rings. The second kappa shape index (κ2) is 12.2. The number of ether oxygens (including phenoxy) is 3. The van der Waals surface area contributed by atoms with Gasteiger partial charge in [-0.25, -0.2) is 0 Å². The summed E-state index contributed by atoms with van der Waals surface area (Å²) in [5, 5.41) is 3.33. The Morgan fingerprint density at radius 1 is 1.06 bits per heavy atom. The average molecular weight is 459 g/mol. The molecule has 1 unspecified atom stereocenters. The van der Waals surface area contributed by atoms with Crippen molar-refractivity contribution < 1.29 is 14.2 Å². The Bertz CT molecular complexity index is 1190. The summed E-state index contributed by atoms with van der Waals surface area (Å²) in [7, 11) is 0. The molecule has 6 nitrogen and oxygen atoms in total. The van der Waals surface area contributed by atoms with Crippen LogP contribution in [0.3, 0.4) is 0 Å². The van der Waals surface area contributed by atoms with Crippen molar-refractivity contribution in [2.75, 3.05) is 33.0 Å². The van der Waals surface area contributed by atoms with Gasteiger partial charge in [0.15, 0.2) is 0 Å². The van der Waals surface area contributed by atoms with Crippen LogP contribution < -0.4 is 15.6 Å². The van der Waals surface area contributed by atoms with E-state index in [0.29, 0.717) is 45.3 Å². The maximum atomic E-state index is 12.8. The number of rotatable bonds is 8. The number of nitrogens with zero attached hydrogens (tertiary/aromatic N) is 1. The van der Waals surface area contributed by atoms with Crippen LogP contribution in [-0.2, 0) is 22.6 Å². The van der Waals surface area contributed by atoms with E-state index < -0.39 is 0 Å². The van der Waals surface area contributed by atoms with E-state index in [9.17, 15) is 4.79 Å². The first-order valence-corrected chi connectivity index (χ1v) is 11.5. The first-order chi connectivity index (χ1) is 16.7. The minimum Gasteiger partial charge on any atom is -0.491 e. The van der Waals surface area contributed by atoms with Crippen molar-refractivity contribution in [1.29, 1.82) is 0 Å². The van der Waals surface area contributed by atoms with Gasteiger partial charge < -0.3 is 24.1 Å². The summed E-state index contributed by atoms with van der Waals surface area (Å²) in [6.45, 7) is 5.85. The Labute approximate surface area is 200 Å². The predicted molar refractivity (Wildman–Crippen MR) is 132 cm³/mol. The van der Waals surface area contributed by atoms with Crippen molar-refractivity contribution >= 4 is 0 Å². The summed E-state index contributed by atoms with van der Waals surface area (Å²) in [6, 6.07) is 21.7. The second-order valence-electron chi connectivity index (χ2n) is 8.23. The van der Waals surface area contributed by atoms with Crippen molar-refractivity contribution in [3.05, 3.63) is 99.5 Å². The largest absolute Gasteiger partial charge is 0.491 e. The number of benzene rings is 2. The smallest absolute Gasteiger partial charge is 0.254 e. The minimum atomic E-state index is -0.103. The van der Waals surface area contributed by atoms with Crippen molar-refractivity contribution in [2.24, 2.45) is 0 Å². The lowest BCUT2D eigenvalue weighted by Crippen LogP contribution is -2.33. The number of nitrogens with one attached hydrogen (secondary N) is 1. The van der Waals surface area contributed by atoms with Crippen LogP contribution in [0.5, 0.6) is 5.75 Å². The zero-order valence-corrected chi connectivity index (χ0v) is 19.5. The maximum Gasteiger partial charge on any atom is 0.254 e. The van der Waals surface area contributed by atoms with E-state index in [1.807, 2.05) is 55.5 Å². The molecule has 34 heavy (non-hydrogen) atoms. The van der Waals surface area contributed by atoms with E-state index in [-0.39, 0.29) is 11.7 Å². The summed E-state index contributed by atoms with van der Waals surface area (Å²) in [4.78, 5) is 12.8. The molecule has 0 bridgehead atoms. The molecule has 4 rings (SSSR count). The summed E-state index contributed by atoms with van der Waals surface area (Å²) < 4.78 is 18.5. The fourth-order valence-electron chi connectivity index (χ4n) is 3.75. The Morgan fingerprint density at radius 2 is 1.91 bits per heavy atom. The minimum absolute atomic E-state index is 0.0996. The van der Waals surface area contributed by atoms with Crippen LogP contribution >= 0.6 is 0 Å². The van der Waals surface area contributed by atoms with Crippen LogP contribution in [0.25, 0.3) is 0 Å². The number of hydrogen-bond acceptors (Lipinski definition) is 5. The summed E-state index contributed by atoms with van der Waals surface area (Å²) in [5.41, 5.74) is 3.93. The van der Waals surface area contributed by atoms with Crippen molar-refractivity contribution in [3.63, 3.8) is 0 Å². The molecule has 1 aliphatic rings. The lowest BCUT2D eigenvalue weighted by Gasteiger charge is -2.23. The molecule has 3 aromatic rings. The molecule has 2 heterocycles. The monoisotopic (exact) mass is 458 g/mol. The van der Waals surface area contributed by atoms with Crippen LogP contribution in [0.2, 0.25) is 0 Å². The molecule has 1 N–H and O–H groups in total. The van der Waals surface area contributed by atoms with E-state index in [4.69, 9.17) is 14.2 Å². The molecule has 1 aliphatic heterocycles. The van der Waals surface area contributed by atoms with Gasteiger partial charge >= 0.3 is 0 Å². The van der Waals surface area contributed by atoms with E-state index in [0.717, 1.165) is 23.4 Å². The first-order valence-electron chi connectivity index (χ1n) is 11.5. The molecule has 0 radical (unpaired) electrons. The van der Waals surface area contributed by atoms with Crippen LogP contribution in [0.1, 0.15) is 22.4 Å². The van der Waals surface area contributed by atoms with Gasteiger partial charge in [0.2, 0.25) is 0 Å². The molecular formula is C28H30N2O4. The Balaban J connectivity index is 1.33. The zero-order chi connectivity index (χ0) is 23.6. The van der Waals surface area contributed by atoms with Crippen molar-refractivity contribution in [3.8, 4) is 17.6 Å². The topological polar surface area (TPSA) is 61.7 Å². The van der Waals surface area contributed by atoms with Gasteiger partial charge in [0.1, 0.15) is 18.5 Å². The number of aryl methyl sites for hydroxylation is 1. The highest BCUT2D eigenvalue weighted by molar-refractivity contribution is 5.37. The normalized spacial score (nSPS) is 15.4. The lowest BCUT2D eigenvalue weighted by atomic mass is 10.1. The van der Waals surface area contributed by atoms with E-state index in [1.165, 1.54) is 11.6 Å². The fourth-order valence-corrected chi connectivity index (χ4v) is 3.75. The van der Waals surface area contributed by atoms with E-state index in [2.05, 4.69) is 29.3 Å². The van der Waals surface area contributed by atoms with Crippen molar-refractivity contribution in [2.45, 2.75) is 26.1 Å². The Morgan fingerprint density at radius 3 is 2.71 bits per heavy atom. The Kier molecular flexibility index (Phi) is 8.53. The predicted octanol–water partition coefficient (Wildman–Crippen LogP) is 3.14. The van der Waals surface area contributed by atoms with Gasteiger partial charge in [0.25, 0.3) is 5.56 Å². The van der Waals surface area contributed by atoms with Gasteiger partial charge in [-0.05, 0) is 36.2 Å². The lowest BCUT2D eigenvalue weighted by molar-refractivity contribution is -0.101. The third-order valence-corrected chi connectivity index (χ3v) is 5.52. The van der Waals surface area contributed by atoms with Crippen LogP contribution in [0, 0.1) is 18.8 Å². The van der Waals surface area contributed by atoms with Crippen molar-refractivity contribution in [1.82, 2.24) is 9.88 Å². The molecule has 1 aromatic heterocycles. The second-order valence-corrected chi connectivity index (χ2v) is 8.23. The van der Waals surface area contributed by atoms with Gasteiger partial charge in [-0.3, -0.25) is 4.79 Å². The molecule has 6 heteroatoms.